The van der Waals surface area contributed by atoms with Gasteiger partial charge in [0.25, 0.3) is 0 Å². The van der Waals surface area contributed by atoms with Crippen molar-refractivity contribution in [3.05, 3.63) is 41.5 Å². The van der Waals surface area contributed by atoms with E-state index < -0.39 is 0 Å². The maximum absolute atomic E-state index is 5.71. The minimum absolute atomic E-state index is 0.382. The van der Waals surface area contributed by atoms with E-state index in [0.29, 0.717) is 19.0 Å². The molecule has 92 valence electrons. The number of benzene rings is 1. The summed E-state index contributed by atoms with van der Waals surface area (Å²) in [6.45, 7) is 2.84. The lowest BCUT2D eigenvalue weighted by atomic mass is 10.2. The summed E-state index contributed by atoms with van der Waals surface area (Å²) < 4.78 is 7.38. The van der Waals surface area contributed by atoms with Crippen LogP contribution in [0.2, 0.25) is 0 Å². The van der Waals surface area contributed by atoms with E-state index in [2.05, 4.69) is 15.3 Å². The van der Waals surface area contributed by atoms with Crippen molar-refractivity contribution in [3.8, 4) is 0 Å². The van der Waals surface area contributed by atoms with E-state index >= 15 is 0 Å². The molecule has 3 aromatic rings. The van der Waals surface area contributed by atoms with Gasteiger partial charge in [-0.25, -0.2) is 9.67 Å². The third kappa shape index (κ3) is 1.86. The number of nitrogens with two attached hydrogens (primary N) is 1. The average molecular weight is 243 g/mol. The smallest absolute Gasteiger partial charge is 0.217 e. The molecule has 1 aromatic carbocycles. The Morgan fingerprint density at radius 1 is 1.39 bits per heavy atom. The summed E-state index contributed by atoms with van der Waals surface area (Å²) >= 11 is 0. The fraction of sp³-hybridized carbons (Fsp3) is 0.250. The number of para-hydroxylation sites is 1. The van der Waals surface area contributed by atoms with Gasteiger partial charge in [0.1, 0.15) is 12.1 Å². The summed E-state index contributed by atoms with van der Waals surface area (Å²) in [7, 11) is 0. The molecule has 2 heterocycles. The normalized spacial score (nSPS) is 11.2. The van der Waals surface area contributed by atoms with Crippen molar-refractivity contribution in [1.29, 1.82) is 0 Å². The fourth-order valence-corrected chi connectivity index (χ4v) is 1.85. The van der Waals surface area contributed by atoms with Crippen LogP contribution in [0.25, 0.3) is 11.1 Å². The molecule has 6 nitrogen and oxygen atoms in total. The molecule has 0 aliphatic carbocycles. The van der Waals surface area contributed by atoms with Crippen LogP contribution >= 0.6 is 0 Å². The van der Waals surface area contributed by atoms with Crippen molar-refractivity contribution in [2.45, 2.75) is 20.0 Å². The molecule has 0 spiro atoms. The summed E-state index contributed by atoms with van der Waals surface area (Å²) in [6, 6.07) is 5.90. The van der Waals surface area contributed by atoms with E-state index in [0.717, 1.165) is 22.4 Å². The first-order chi connectivity index (χ1) is 8.76. The molecular formula is C12H13N5O. The molecular weight excluding hydrogens is 230 g/mol. The van der Waals surface area contributed by atoms with Crippen LogP contribution in [0.3, 0.4) is 0 Å². The second-order valence-electron chi connectivity index (χ2n) is 4.14. The highest BCUT2D eigenvalue weighted by Gasteiger charge is 2.09. The minimum Gasteiger partial charge on any atom is -0.438 e. The maximum atomic E-state index is 5.71. The first-order valence-corrected chi connectivity index (χ1v) is 5.70. The third-order valence-electron chi connectivity index (χ3n) is 2.75. The molecule has 0 radical (unpaired) electrons. The minimum atomic E-state index is 0.382. The van der Waals surface area contributed by atoms with Crippen LogP contribution in [0.15, 0.2) is 28.8 Å². The second kappa shape index (κ2) is 4.23. The summed E-state index contributed by atoms with van der Waals surface area (Å²) in [6.07, 6.45) is 1.79. The van der Waals surface area contributed by atoms with Gasteiger partial charge in [-0.3, -0.25) is 0 Å². The molecule has 0 amide bonds. The summed E-state index contributed by atoms with van der Waals surface area (Å²) in [4.78, 5) is 4.42. The first kappa shape index (κ1) is 10.9. The van der Waals surface area contributed by atoms with Crippen LogP contribution in [0.5, 0.6) is 0 Å². The van der Waals surface area contributed by atoms with E-state index in [9.17, 15) is 0 Å². The van der Waals surface area contributed by atoms with Crippen molar-refractivity contribution >= 4 is 11.1 Å². The molecule has 0 aliphatic heterocycles. The lowest BCUT2D eigenvalue weighted by molar-refractivity contribution is 0.484. The number of hydrogen-bond acceptors (Lipinski definition) is 5. The van der Waals surface area contributed by atoms with Gasteiger partial charge in [0.15, 0.2) is 5.58 Å². The quantitative estimate of drug-likeness (QED) is 0.748. The van der Waals surface area contributed by atoms with Crippen LogP contribution in [0.1, 0.15) is 17.1 Å². The first-order valence-electron chi connectivity index (χ1n) is 5.70. The standard InChI is InChI=1S/C12H13N5O/c1-8-3-2-4-10-12(8)18-11(14-10)7-17-6-9(5-13)15-16-17/h2-4,6H,5,7,13H2,1H3. The Kier molecular flexibility index (Phi) is 2.56. The Morgan fingerprint density at radius 3 is 3.00 bits per heavy atom. The number of aromatic nitrogens is 4. The SMILES string of the molecule is Cc1cccc2nc(Cn3cc(CN)nn3)oc12. The van der Waals surface area contributed by atoms with Crippen molar-refractivity contribution in [2.24, 2.45) is 5.73 Å². The van der Waals surface area contributed by atoms with E-state index in [4.69, 9.17) is 10.2 Å². The molecule has 2 N–H and O–H groups in total. The van der Waals surface area contributed by atoms with E-state index in [1.54, 1.807) is 10.9 Å². The van der Waals surface area contributed by atoms with Crippen molar-refractivity contribution in [3.63, 3.8) is 0 Å². The summed E-state index contributed by atoms with van der Waals surface area (Å²) in [5.74, 6) is 0.618. The fourth-order valence-electron chi connectivity index (χ4n) is 1.85. The Hall–Kier alpha value is -2.21. The zero-order valence-electron chi connectivity index (χ0n) is 10.00. The van der Waals surface area contributed by atoms with Crippen molar-refractivity contribution in [1.82, 2.24) is 20.0 Å². The number of rotatable bonds is 3. The monoisotopic (exact) mass is 243 g/mol. The summed E-state index contributed by atoms with van der Waals surface area (Å²) in [5.41, 5.74) is 9.00. The van der Waals surface area contributed by atoms with Gasteiger partial charge in [0.05, 0.1) is 11.9 Å². The molecule has 0 fully saturated rings. The van der Waals surface area contributed by atoms with Crippen molar-refractivity contribution in [2.75, 3.05) is 0 Å². The molecule has 6 heteroatoms. The molecule has 0 saturated heterocycles. The molecule has 0 bridgehead atoms. The molecule has 18 heavy (non-hydrogen) atoms. The number of fused-ring (bicyclic) bond motifs is 1. The average Bonchev–Trinajstić information content (AvgIpc) is 2.96. The van der Waals surface area contributed by atoms with Crippen LogP contribution < -0.4 is 5.73 Å². The van der Waals surface area contributed by atoms with E-state index in [1.807, 2.05) is 25.1 Å². The topological polar surface area (TPSA) is 82.8 Å². The van der Waals surface area contributed by atoms with Crippen LogP contribution in [0, 0.1) is 6.92 Å². The number of oxazole rings is 1. The number of hydrogen-bond donors (Lipinski definition) is 1. The van der Waals surface area contributed by atoms with Gasteiger partial charge in [0.2, 0.25) is 5.89 Å². The van der Waals surface area contributed by atoms with Crippen LogP contribution in [-0.4, -0.2) is 20.0 Å². The van der Waals surface area contributed by atoms with Gasteiger partial charge in [-0.1, -0.05) is 17.3 Å². The maximum Gasteiger partial charge on any atom is 0.217 e. The van der Waals surface area contributed by atoms with E-state index in [-0.39, 0.29) is 0 Å². The van der Waals surface area contributed by atoms with Gasteiger partial charge < -0.3 is 10.2 Å². The Bertz CT molecular complexity index is 685. The van der Waals surface area contributed by atoms with Gasteiger partial charge in [-0.2, -0.15) is 0 Å². The number of aryl methyl sites for hydroxylation is 1. The Morgan fingerprint density at radius 2 is 2.28 bits per heavy atom. The summed E-state index contributed by atoms with van der Waals surface area (Å²) in [5, 5.41) is 7.88. The van der Waals surface area contributed by atoms with Gasteiger partial charge in [-0.15, -0.1) is 5.10 Å². The second-order valence-corrected chi connectivity index (χ2v) is 4.14. The predicted molar refractivity (Wildman–Crippen MR) is 65.8 cm³/mol. The number of nitrogens with zero attached hydrogens (tertiary/aromatic N) is 4. The predicted octanol–water partition coefficient (Wildman–Crippen LogP) is 1.23. The van der Waals surface area contributed by atoms with Crippen LogP contribution in [0.4, 0.5) is 0 Å². The molecule has 0 saturated carbocycles. The van der Waals surface area contributed by atoms with Crippen molar-refractivity contribution < 1.29 is 4.42 Å². The lowest BCUT2D eigenvalue weighted by Gasteiger charge is -1.93. The Balaban J connectivity index is 1.93. The largest absolute Gasteiger partial charge is 0.438 e. The molecule has 2 aromatic heterocycles. The molecule has 3 rings (SSSR count). The third-order valence-corrected chi connectivity index (χ3v) is 2.75. The molecule has 0 aliphatic rings. The van der Waals surface area contributed by atoms with Gasteiger partial charge >= 0.3 is 0 Å². The Labute approximate surface area is 103 Å². The molecule has 0 unspecified atom stereocenters. The highest BCUT2D eigenvalue weighted by Crippen LogP contribution is 2.19. The highest BCUT2D eigenvalue weighted by atomic mass is 16.3. The van der Waals surface area contributed by atoms with E-state index in [1.165, 1.54) is 0 Å². The van der Waals surface area contributed by atoms with Gasteiger partial charge in [-0.05, 0) is 18.6 Å². The van der Waals surface area contributed by atoms with Gasteiger partial charge in [0, 0.05) is 6.54 Å². The zero-order chi connectivity index (χ0) is 12.5. The highest BCUT2D eigenvalue weighted by molar-refractivity contribution is 5.75. The van der Waals surface area contributed by atoms with Crippen LogP contribution in [-0.2, 0) is 13.1 Å². The zero-order valence-corrected chi connectivity index (χ0v) is 10.00. The molecule has 0 atom stereocenters. The lowest BCUT2D eigenvalue weighted by Crippen LogP contribution is -2.00.